The van der Waals surface area contributed by atoms with Gasteiger partial charge in [0.2, 0.25) is 0 Å². The van der Waals surface area contributed by atoms with E-state index in [9.17, 15) is 14.7 Å². The Morgan fingerprint density at radius 1 is 1.35 bits per heavy atom. The summed E-state index contributed by atoms with van der Waals surface area (Å²) in [4.78, 5) is 29.8. The standard InChI is InChI=1S/C16H27N3O3S/c1-6-7-19(8-12-9-23-14(17-12)11(4)5)16(22)18-13(10(2)3)15(20)21/h9-11,13H,6-8H2,1-5H3,(H,18,22)(H,20,21)/t13-/m0/s1. The number of amides is 2. The average molecular weight is 341 g/mol. The third kappa shape index (κ3) is 5.82. The molecule has 0 saturated heterocycles. The minimum atomic E-state index is -1.01. The van der Waals surface area contributed by atoms with Crippen LogP contribution in [-0.2, 0) is 11.3 Å². The molecule has 0 aliphatic heterocycles. The highest BCUT2D eigenvalue weighted by Gasteiger charge is 2.26. The van der Waals surface area contributed by atoms with E-state index in [0.717, 1.165) is 17.1 Å². The summed E-state index contributed by atoms with van der Waals surface area (Å²) in [6.07, 6.45) is 0.800. The van der Waals surface area contributed by atoms with Crippen LogP contribution in [0.3, 0.4) is 0 Å². The van der Waals surface area contributed by atoms with E-state index < -0.39 is 12.0 Å². The number of hydrogen-bond donors (Lipinski definition) is 2. The van der Waals surface area contributed by atoms with Crippen LogP contribution in [0.4, 0.5) is 4.79 Å². The Balaban J connectivity index is 2.79. The van der Waals surface area contributed by atoms with Crippen molar-refractivity contribution in [1.82, 2.24) is 15.2 Å². The number of thiazole rings is 1. The normalized spacial score (nSPS) is 12.5. The Hall–Kier alpha value is -1.63. The molecule has 0 aliphatic rings. The summed E-state index contributed by atoms with van der Waals surface area (Å²) in [5.41, 5.74) is 0.846. The van der Waals surface area contributed by atoms with Gasteiger partial charge in [-0.05, 0) is 12.3 Å². The molecule has 2 N–H and O–H groups in total. The molecule has 0 bridgehead atoms. The lowest BCUT2D eigenvalue weighted by atomic mass is 10.1. The number of urea groups is 1. The smallest absolute Gasteiger partial charge is 0.326 e. The molecule has 0 spiro atoms. The lowest BCUT2D eigenvalue weighted by Crippen LogP contribution is -2.50. The molecule has 1 aromatic rings. The first-order chi connectivity index (χ1) is 10.8. The molecular weight excluding hydrogens is 314 g/mol. The molecule has 2 amide bonds. The third-order valence-electron chi connectivity index (χ3n) is 3.41. The summed E-state index contributed by atoms with van der Waals surface area (Å²) >= 11 is 1.59. The van der Waals surface area contributed by atoms with Crippen LogP contribution in [0.1, 0.15) is 57.7 Å². The van der Waals surface area contributed by atoms with Crippen molar-refractivity contribution in [1.29, 1.82) is 0 Å². The summed E-state index contributed by atoms with van der Waals surface area (Å²) in [6, 6.07) is -1.24. The average Bonchev–Trinajstić information content (AvgIpc) is 2.92. The summed E-state index contributed by atoms with van der Waals surface area (Å²) in [6.45, 7) is 10.7. The van der Waals surface area contributed by atoms with E-state index in [0.29, 0.717) is 19.0 Å². The number of carbonyl (C=O) groups is 2. The van der Waals surface area contributed by atoms with Crippen LogP contribution in [0, 0.1) is 5.92 Å². The molecule has 0 unspecified atom stereocenters. The maximum Gasteiger partial charge on any atom is 0.326 e. The predicted octanol–water partition coefficient (Wildman–Crippen LogP) is 3.30. The zero-order chi connectivity index (χ0) is 17.6. The minimum absolute atomic E-state index is 0.174. The second-order valence-corrected chi connectivity index (χ2v) is 7.15. The molecule has 130 valence electrons. The van der Waals surface area contributed by atoms with Gasteiger partial charge in [-0.15, -0.1) is 11.3 Å². The minimum Gasteiger partial charge on any atom is -0.480 e. The summed E-state index contributed by atoms with van der Waals surface area (Å²) in [5, 5.41) is 14.8. The Labute approximate surface area is 141 Å². The van der Waals surface area contributed by atoms with Gasteiger partial charge < -0.3 is 15.3 Å². The van der Waals surface area contributed by atoms with Crippen molar-refractivity contribution >= 4 is 23.3 Å². The molecule has 23 heavy (non-hydrogen) atoms. The first-order valence-corrected chi connectivity index (χ1v) is 8.86. The first-order valence-electron chi connectivity index (χ1n) is 7.98. The quantitative estimate of drug-likeness (QED) is 0.760. The van der Waals surface area contributed by atoms with Crippen molar-refractivity contribution in [3.05, 3.63) is 16.1 Å². The summed E-state index contributed by atoms with van der Waals surface area (Å²) in [5.74, 6) is -0.827. The van der Waals surface area contributed by atoms with Crippen LogP contribution in [0.25, 0.3) is 0 Å². The Morgan fingerprint density at radius 3 is 2.43 bits per heavy atom. The molecular formula is C16H27N3O3S. The number of rotatable bonds is 8. The summed E-state index contributed by atoms with van der Waals surface area (Å²) < 4.78 is 0. The Bertz CT molecular complexity index is 528. The molecule has 0 saturated carbocycles. The fraction of sp³-hybridized carbons (Fsp3) is 0.688. The number of aliphatic carboxylic acids is 1. The molecule has 0 aliphatic carbocycles. The van der Waals surface area contributed by atoms with Gasteiger partial charge in [0.05, 0.1) is 17.2 Å². The molecule has 0 aromatic carbocycles. The van der Waals surface area contributed by atoms with Gasteiger partial charge in [-0.1, -0.05) is 34.6 Å². The van der Waals surface area contributed by atoms with E-state index in [2.05, 4.69) is 24.1 Å². The van der Waals surface area contributed by atoms with Gasteiger partial charge in [-0.3, -0.25) is 0 Å². The van der Waals surface area contributed by atoms with E-state index in [4.69, 9.17) is 0 Å². The molecule has 0 radical (unpaired) electrons. The number of hydrogen-bond acceptors (Lipinski definition) is 4. The largest absolute Gasteiger partial charge is 0.480 e. The lowest BCUT2D eigenvalue weighted by molar-refractivity contribution is -0.140. The Morgan fingerprint density at radius 2 is 2.00 bits per heavy atom. The number of nitrogens with one attached hydrogen (secondary N) is 1. The van der Waals surface area contributed by atoms with Crippen molar-refractivity contribution in [2.45, 2.75) is 59.5 Å². The van der Waals surface area contributed by atoms with Crippen molar-refractivity contribution in [2.24, 2.45) is 5.92 Å². The third-order valence-corrected chi connectivity index (χ3v) is 4.60. The van der Waals surface area contributed by atoms with Crippen molar-refractivity contribution in [2.75, 3.05) is 6.54 Å². The van der Waals surface area contributed by atoms with Gasteiger partial charge in [-0.2, -0.15) is 0 Å². The maximum atomic E-state index is 12.4. The first kappa shape index (κ1) is 19.4. The fourth-order valence-electron chi connectivity index (χ4n) is 2.12. The molecule has 6 nitrogen and oxygen atoms in total. The van der Waals surface area contributed by atoms with E-state index in [1.54, 1.807) is 30.1 Å². The van der Waals surface area contributed by atoms with Gasteiger partial charge in [0.25, 0.3) is 0 Å². The maximum absolute atomic E-state index is 12.4. The molecule has 1 heterocycles. The number of carboxylic acids is 1. The topological polar surface area (TPSA) is 82.5 Å². The Kier molecular flexibility index (Phi) is 7.48. The zero-order valence-corrected chi connectivity index (χ0v) is 15.3. The molecule has 1 aromatic heterocycles. The van der Waals surface area contributed by atoms with E-state index in [1.807, 2.05) is 12.3 Å². The predicted molar refractivity (Wildman–Crippen MR) is 91.7 cm³/mol. The summed E-state index contributed by atoms with van der Waals surface area (Å²) in [7, 11) is 0. The van der Waals surface area contributed by atoms with E-state index in [-0.39, 0.29) is 11.9 Å². The highest BCUT2D eigenvalue weighted by molar-refractivity contribution is 7.09. The lowest BCUT2D eigenvalue weighted by Gasteiger charge is -2.25. The molecule has 0 fully saturated rings. The molecule has 1 rings (SSSR count). The number of carbonyl (C=O) groups excluding carboxylic acids is 1. The van der Waals surface area contributed by atoms with Gasteiger partial charge in [-0.25, -0.2) is 14.6 Å². The van der Waals surface area contributed by atoms with Crippen LogP contribution < -0.4 is 5.32 Å². The van der Waals surface area contributed by atoms with E-state index >= 15 is 0 Å². The van der Waals surface area contributed by atoms with Gasteiger partial charge in [0, 0.05) is 17.8 Å². The van der Waals surface area contributed by atoms with Crippen LogP contribution in [-0.4, -0.2) is 39.6 Å². The highest BCUT2D eigenvalue weighted by atomic mass is 32.1. The number of aromatic nitrogens is 1. The second-order valence-electron chi connectivity index (χ2n) is 6.26. The van der Waals surface area contributed by atoms with Gasteiger partial charge in [0.15, 0.2) is 0 Å². The number of nitrogens with zero attached hydrogens (tertiary/aromatic N) is 2. The molecule has 1 atom stereocenters. The second kappa shape index (κ2) is 8.86. The molecule has 7 heteroatoms. The van der Waals surface area contributed by atoms with Gasteiger partial charge in [0.1, 0.15) is 6.04 Å². The van der Waals surface area contributed by atoms with Crippen molar-refractivity contribution < 1.29 is 14.7 Å². The fourth-order valence-corrected chi connectivity index (χ4v) is 2.94. The van der Waals surface area contributed by atoms with Crippen LogP contribution in [0.5, 0.6) is 0 Å². The highest BCUT2D eigenvalue weighted by Crippen LogP contribution is 2.20. The zero-order valence-electron chi connectivity index (χ0n) is 14.5. The van der Waals surface area contributed by atoms with Crippen molar-refractivity contribution in [3.63, 3.8) is 0 Å². The monoisotopic (exact) mass is 341 g/mol. The van der Waals surface area contributed by atoms with Crippen molar-refractivity contribution in [3.8, 4) is 0 Å². The van der Waals surface area contributed by atoms with E-state index in [1.165, 1.54) is 0 Å². The SMILES string of the molecule is CCCN(Cc1csc(C(C)C)n1)C(=O)N[C@H](C(=O)O)C(C)C. The van der Waals surface area contributed by atoms with Crippen LogP contribution >= 0.6 is 11.3 Å². The van der Waals surface area contributed by atoms with Gasteiger partial charge >= 0.3 is 12.0 Å². The van der Waals surface area contributed by atoms with Crippen LogP contribution in [0.2, 0.25) is 0 Å². The van der Waals surface area contributed by atoms with Crippen LogP contribution in [0.15, 0.2) is 5.38 Å². The number of carboxylic acid groups (broad SMARTS) is 1.